The second-order valence-electron chi connectivity index (χ2n) is 14.6. The normalized spacial score (nSPS) is 11.5. The van der Waals surface area contributed by atoms with E-state index in [0.717, 1.165) is 92.4 Å². The maximum Gasteiger partial charge on any atom is 0.126 e. The first-order valence-electron chi connectivity index (χ1n) is 20.5. The lowest BCUT2D eigenvalue weighted by Gasteiger charge is -2.24. The third-order valence-electron chi connectivity index (χ3n) is 9.80. The van der Waals surface area contributed by atoms with Gasteiger partial charge in [-0.05, 0) is 115 Å². The summed E-state index contributed by atoms with van der Waals surface area (Å²) in [6, 6.07) is 16.2. The lowest BCUT2D eigenvalue weighted by Crippen LogP contribution is -2.11. The van der Waals surface area contributed by atoms with Gasteiger partial charge in [-0.1, -0.05) is 96.7 Å². The lowest BCUT2D eigenvalue weighted by molar-refractivity contribution is 0.304. The summed E-state index contributed by atoms with van der Waals surface area (Å²) in [4.78, 5) is 12.3. The van der Waals surface area contributed by atoms with Crippen LogP contribution >= 0.6 is 0 Å². The predicted octanol–water partition coefficient (Wildman–Crippen LogP) is 12.8. The van der Waals surface area contributed by atoms with Gasteiger partial charge < -0.3 is 18.9 Å². The molecule has 312 valence electrons. The van der Waals surface area contributed by atoms with Crippen molar-refractivity contribution in [2.75, 3.05) is 26.4 Å². The Kier molecular flexibility index (Phi) is 17.1. The fourth-order valence-electron chi connectivity index (χ4n) is 7.55. The fourth-order valence-corrected chi connectivity index (χ4v) is 7.55. The number of fused-ring (bicyclic) bond motifs is 8. The molecule has 0 N–H and O–H groups in total. The SMILES string of the molecule is CCCOc1c2cc(CN=[N+]=[N-])cc1Cc1cc(CN=[N+]=[N-])cc(c1OCCC)Cc1cc(CN=[N+]=[N-])cc(c1OCCC)Cc1cc(CN=[N+]=[N-])cc(c1OCCC)C2. The van der Waals surface area contributed by atoms with Gasteiger partial charge in [0.05, 0.1) is 52.6 Å². The van der Waals surface area contributed by atoms with Gasteiger partial charge >= 0.3 is 0 Å². The van der Waals surface area contributed by atoms with Crippen LogP contribution < -0.4 is 18.9 Å². The van der Waals surface area contributed by atoms with Crippen LogP contribution in [0.4, 0.5) is 0 Å². The summed E-state index contributed by atoms with van der Waals surface area (Å²) in [6.45, 7) is 10.6. The van der Waals surface area contributed by atoms with Gasteiger partial charge in [0.2, 0.25) is 0 Å². The molecule has 0 radical (unpaired) electrons. The van der Waals surface area contributed by atoms with Crippen molar-refractivity contribution in [3.63, 3.8) is 0 Å². The van der Waals surface area contributed by atoms with Crippen LogP contribution in [0.3, 0.4) is 0 Å². The highest BCUT2D eigenvalue weighted by Gasteiger charge is 2.24. The second kappa shape index (κ2) is 23.0. The monoisotopic (exact) mass is 812 g/mol. The van der Waals surface area contributed by atoms with Crippen LogP contribution in [-0.2, 0) is 51.9 Å². The minimum atomic E-state index is 0.126. The summed E-state index contributed by atoms with van der Waals surface area (Å²) >= 11 is 0. The number of rotatable bonds is 20. The molecule has 5 rings (SSSR count). The summed E-state index contributed by atoms with van der Waals surface area (Å²) in [5.74, 6) is 2.85. The summed E-state index contributed by atoms with van der Waals surface area (Å²) < 4.78 is 26.6. The molecule has 0 saturated carbocycles. The molecule has 0 amide bonds. The molecule has 1 aliphatic rings. The maximum absolute atomic E-state index is 9.37. The number of ether oxygens (including phenoxy) is 4. The predicted molar refractivity (Wildman–Crippen MR) is 232 cm³/mol. The van der Waals surface area contributed by atoms with E-state index in [-0.39, 0.29) is 26.2 Å². The van der Waals surface area contributed by atoms with Crippen molar-refractivity contribution in [3.8, 4) is 23.0 Å². The molecule has 0 aromatic heterocycles. The Morgan fingerprint density at radius 3 is 0.700 bits per heavy atom. The first kappa shape index (κ1) is 44.4. The van der Waals surface area contributed by atoms with E-state index in [0.29, 0.717) is 75.1 Å². The van der Waals surface area contributed by atoms with Gasteiger partial charge in [0.1, 0.15) is 23.0 Å². The van der Waals surface area contributed by atoms with E-state index >= 15 is 0 Å². The summed E-state index contributed by atoms with van der Waals surface area (Å²) in [7, 11) is 0. The Labute approximate surface area is 350 Å². The van der Waals surface area contributed by atoms with E-state index in [2.05, 4.69) is 67.8 Å². The molecule has 8 bridgehead atoms. The minimum absolute atomic E-state index is 0.126. The second-order valence-corrected chi connectivity index (χ2v) is 14.6. The van der Waals surface area contributed by atoms with E-state index in [1.807, 2.05) is 48.5 Å². The van der Waals surface area contributed by atoms with Crippen LogP contribution in [0.15, 0.2) is 69.0 Å². The molecular formula is C44H52N12O4. The van der Waals surface area contributed by atoms with Gasteiger partial charge in [-0.15, -0.1) is 0 Å². The van der Waals surface area contributed by atoms with Crippen molar-refractivity contribution >= 4 is 0 Å². The largest absolute Gasteiger partial charge is 0.493 e. The zero-order valence-electron chi connectivity index (χ0n) is 34.9. The van der Waals surface area contributed by atoms with Gasteiger partial charge in [0.15, 0.2) is 0 Å². The molecule has 0 fully saturated rings. The van der Waals surface area contributed by atoms with Crippen LogP contribution in [0.5, 0.6) is 23.0 Å². The van der Waals surface area contributed by atoms with Gasteiger partial charge in [0.25, 0.3) is 0 Å². The Balaban J connectivity index is 1.96. The third-order valence-corrected chi connectivity index (χ3v) is 9.80. The minimum Gasteiger partial charge on any atom is -0.493 e. The van der Waals surface area contributed by atoms with E-state index in [1.54, 1.807) is 0 Å². The molecule has 1 aliphatic carbocycles. The Morgan fingerprint density at radius 1 is 0.367 bits per heavy atom. The van der Waals surface area contributed by atoms with E-state index < -0.39 is 0 Å². The first-order chi connectivity index (χ1) is 29.4. The maximum atomic E-state index is 9.37. The van der Waals surface area contributed by atoms with Crippen LogP contribution in [0, 0.1) is 0 Å². The van der Waals surface area contributed by atoms with Gasteiger partial charge in [0, 0.05) is 45.3 Å². The Morgan fingerprint density at radius 2 is 0.550 bits per heavy atom. The molecule has 0 heterocycles. The van der Waals surface area contributed by atoms with Crippen molar-refractivity contribution in [1.29, 1.82) is 0 Å². The summed E-state index contributed by atoms with van der Waals surface area (Å²) in [5.41, 5.74) is 47.7. The number of hydrogen-bond donors (Lipinski definition) is 0. The van der Waals surface area contributed by atoms with Gasteiger partial charge in [-0.25, -0.2) is 0 Å². The van der Waals surface area contributed by atoms with E-state index in [4.69, 9.17) is 18.9 Å². The highest BCUT2D eigenvalue weighted by Crippen LogP contribution is 2.41. The molecule has 4 aromatic carbocycles. The molecule has 0 saturated heterocycles. The first-order valence-corrected chi connectivity index (χ1v) is 20.5. The Hall–Kier alpha value is -6.68. The highest BCUT2D eigenvalue weighted by atomic mass is 16.5. The van der Waals surface area contributed by atoms with Crippen molar-refractivity contribution in [2.24, 2.45) is 20.5 Å². The molecule has 0 unspecified atom stereocenters. The quantitative estimate of drug-likeness (QED) is 0.0423. The average molecular weight is 813 g/mol. The number of benzene rings is 4. The number of azide groups is 4. The van der Waals surface area contributed by atoms with Crippen molar-refractivity contribution in [1.82, 2.24) is 0 Å². The third kappa shape index (κ3) is 11.7. The molecular weight excluding hydrogens is 761 g/mol. The van der Waals surface area contributed by atoms with Crippen LogP contribution in [0.1, 0.15) is 120 Å². The van der Waals surface area contributed by atoms with E-state index in [1.165, 1.54) is 0 Å². The summed E-state index contributed by atoms with van der Waals surface area (Å²) in [6.07, 6.45) is 4.63. The van der Waals surface area contributed by atoms with Crippen LogP contribution in [0.25, 0.3) is 41.8 Å². The van der Waals surface area contributed by atoms with E-state index in [9.17, 15) is 22.1 Å². The molecule has 0 spiro atoms. The fraction of sp³-hybridized carbons (Fsp3) is 0.455. The number of hydrogen-bond acceptors (Lipinski definition) is 8. The molecule has 0 aliphatic heterocycles. The van der Waals surface area contributed by atoms with Gasteiger partial charge in [-0.3, -0.25) is 0 Å². The summed E-state index contributed by atoms with van der Waals surface area (Å²) in [5, 5.41) is 15.8. The average Bonchev–Trinajstić information content (AvgIpc) is 3.24. The molecule has 16 nitrogen and oxygen atoms in total. The molecule has 60 heavy (non-hydrogen) atoms. The van der Waals surface area contributed by atoms with Crippen LogP contribution in [-0.4, -0.2) is 26.4 Å². The molecule has 16 heteroatoms. The van der Waals surface area contributed by atoms with Crippen molar-refractivity contribution < 1.29 is 18.9 Å². The van der Waals surface area contributed by atoms with Crippen LogP contribution in [0.2, 0.25) is 0 Å². The van der Waals surface area contributed by atoms with Gasteiger partial charge in [-0.2, -0.15) is 0 Å². The van der Waals surface area contributed by atoms with Crippen molar-refractivity contribution in [3.05, 3.63) is 157 Å². The zero-order chi connectivity index (χ0) is 42.7. The topological polar surface area (TPSA) is 232 Å². The number of nitrogens with zero attached hydrogens (tertiary/aromatic N) is 12. The smallest absolute Gasteiger partial charge is 0.126 e. The standard InChI is InChI=1S/C44H52N12O4/c1-5-9-57-41-33-13-29(25-49-53-45)14-34(41)22-36-16-31(27-51-55-47)18-38(43(36)59-11-7-3)24-40-20-32(28-52-56-48)19-39(44(40)60-12-8-4)23-37-17-30(26-50-54-46)15-35(21-33)42(37)58-10-6-2/h13-20H,5-12,21-28H2,1-4H3. The Bertz CT molecular complexity index is 1920. The molecule has 0 atom stereocenters. The lowest BCUT2D eigenvalue weighted by atomic mass is 9.88. The zero-order valence-corrected chi connectivity index (χ0v) is 34.9. The van der Waals surface area contributed by atoms with Crippen molar-refractivity contribution in [2.45, 2.75) is 105 Å². The highest BCUT2D eigenvalue weighted by molar-refractivity contribution is 5.58. The molecule has 4 aromatic rings.